The van der Waals surface area contributed by atoms with Crippen LogP contribution in [0, 0.1) is 5.92 Å². The molecule has 1 atom stereocenters. The summed E-state index contributed by atoms with van der Waals surface area (Å²) in [4.78, 5) is 25.3. The molecule has 0 heterocycles. The van der Waals surface area contributed by atoms with E-state index in [9.17, 15) is 14.7 Å². The molecule has 1 unspecified atom stereocenters. The van der Waals surface area contributed by atoms with Gasteiger partial charge in [0, 0.05) is 10.6 Å². The summed E-state index contributed by atoms with van der Waals surface area (Å²) in [6.07, 6.45) is 3.53. The SMILES string of the molecule is C=CCc1cc(C=NNC(=O)C(NC(=O)c2ccc(Cl)cc2Cl)C(C)C)cc(OCC)c1O. The number of ether oxygens (including phenoxy) is 1. The molecule has 7 nitrogen and oxygen atoms in total. The maximum absolute atomic E-state index is 12.7. The monoisotopic (exact) mass is 491 g/mol. The lowest BCUT2D eigenvalue weighted by Gasteiger charge is -2.20. The van der Waals surface area contributed by atoms with Crippen molar-refractivity contribution in [3.05, 3.63) is 69.7 Å². The molecule has 0 radical (unpaired) electrons. The van der Waals surface area contributed by atoms with Crippen LogP contribution in [0.15, 0.2) is 48.1 Å². The van der Waals surface area contributed by atoms with E-state index in [1.54, 1.807) is 38.1 Å². The second-order valence-corrected chi connectivity index (χ2v) is 8.35. The van der Waals surface area contributed by atoms with Gasteiger partial charge in [0.05, 0.1) is 23.4 Å². The summed E-state index contributed by atoms with van der Waals surface area (Å²) in [7, 11) is 0. The lowest BCUT2D eigenvalue weighted by molar-refractivity contribution is -0.123. The van der Waals surface area contributed by atoms with Crippen molar-refractivity contribution in [3.8, 4) is 11.5 Å². The molecule has 9 heteroatoms. The molecule has 0 saturated carbocycles. The van der Waals surface area contributed by atoms with E-state index < -0.39 is 17.9 Å². The minimum absolute atomic E-state index is 0.0429. The first-order valence-electron chi connectivity index (χ1n) is 10.4. The molecular weight excluding hydrogens is 465 g/mol. The minimum Gasteiger partial charge on any atom is -0.504 e. The Morgan fingerprint density at radius 3 is 2.58 bits per heavy atom. The van der Waals surface area contributed by atoms with E-state index in [-0.39, 0.29) is 22.3 Å². The molecule has 2 aromatic rings. The molecular formula is C24H27Cl2N3O4. The Kier molecular flexibility index (Phi) is 9.75. The summed E-state index contributed by atoms with van der Waals surface area (Å²) in [6.45, 7) is 9.48. The van der Waals surface area contributed by atoms with Crippen LogP contribution in [0.1, 0.15) is 42.3 Å². The van der Waals surface area contributed by atoms with Crippen LogP contribution in [0.4, 0.5) is 0 Å². The number of hydrogen-bond acceptors (Lipinski definition) is 5. The van der Waals surface area contributed by atoms with Gasteiger partial charge >= 0.3 is 0 Å². The molecule has 0 aromatic heterocycles. The van der Waals surface area contributed by atoms with E-state index in [0.29, 0.717) is 34.9 Å². The number of halogens is 2. The van der Waals surface area contributed by atoms with E-state index >= 15 is 0 Å². The quantitative estimate of drug-likeness (QED) is 0.254. The molecule has 0 fully saturated rings. The van der Waals surface area contributed by atoms with Crippen molar-refractivity contribution in [1.82, 2.24) is 10.7 Å². The molecule has 33 heavy (non-hydrogen) atoms. The molecule has 2 amide bonds. The first-order chi connectivity index (χ1) is 15.7. The lowest BCUT2D eigenvalue weighted by Crippen LogP contribution is -2.48. The number of hydrogen-bond donors (Lipinski definition) is 3. The number of amides is 2. The number of allylic oxidation sites excluding steroid dienone is 1. The van der Waals surface area contributed by atoms with Gasteiger partial charge in [-0.1, -0.05) is 43.1 Å². The van der Waals surface area contributed by atoms with Crippen LogP contribution in [-0.2, 0) is 11.2 Å². The van der Waals surface area contributed by atoms with Crippen LogP contribution in [-0.4, -0.2) is 35.8 Å². The summed E-state index contributed by atoms with van der Waals surface area (Å²) in [6, 6.07) is 6.99. The van der Waals surface area contributed by atoms with Crippen molar-refractivity contribution in [3.63, 3.8) is 0 Å². The molecule has 0 spiro atoms. The van der Waals surface area contributed by atoms with Gasteiger partial charge in [-0.3, -0.25) is 9.59 Å². The fraction of sp³-hybridized carbons (Fsp3) is 0.292. The number of hydrazone groups is 1. The number of phenols is 1. The van der Waals surface area contributed by atoms with Crippen molar-refractivity contribution < 1.29 is 19.4 Å². The van der Waals surface area contributed by atoms with Crippen molar-refractivity contribution in [1.29, 1.82) is 0 Å². The standard InChI is InChI=1S/C24H27Cl2N3O4/c1-5-7-16-10-15(11-20(22(16)30)33-6-2)13-27-29-24(32)21(14(3)4)28-23(31)18-9-8-17(25)12-19(18)26/h5,8-14,21,30H,1,6-7H2,2-4H3,(H,28,31)(H,29,32). The van der Waals surface area contributed by atoms with Gasteiger partial charge in [-0.25, -0.2) is 5.43 Å². The van der Waals surface area contributed by atoms with Crippen LogP contribution in [0.3, 0.4) is 0 Å². The molecule has 0 saturated heterocycles. The molecule has 176 valence electrons. The van der Waals surface area contributed by atoms with Crippen molar-refractivity contribution in [2.75, 3.05) is 6.61 Å². The highest BCUT2D eigenvalue weighted by Gasteiger charge is 2.25. The maximum atomic E-state index is 12.7. The first kappa shape index (κ1) is 26.2. The van der Waals surface area contributed by atoms with Gasteiger partial charge in [-0.15, -0.1) is 6.58 Å². The predicted octanol–water partition coefficient (Wildman–Crippen LogP) is 4.73. The highest BCUT2D eigenvalue weighted by molar-refractivity contribution is 6.36. The van der Waals surface area contributed by atoms with E-state index in [4.69, 9.17) is 27.9 Å². The molecule has 0 bridgehead atoms. The summed E-state index contributed by atoms with van der Waals surface area (Å²) >= 11 is 12.0. The molecule has 2 aromatic carbocycles. The first-order valence-corrected chi connectivity index (χ1v) is 11.1. The van der Waals surface area contributed by atoms with Gasteiger partial charge in [0.25, 0.3) is 11.8 Å². The Morgan fingerprint density at radius 1 is 1.24 bits per heavy atom. The van der Waals surface area contributed by atoms with Crippen molar-refractivity contribution in [2.45, 2.75) is 33.2 Å². The van der Waals surface area contributed by atoms with E-state index in [1.165, 1.54) is 18.3 Å². The van der Waals surface area contributed by atoms with Crippen LogP contribution in [0.2, 0.25) is 10.0 Å². The molecule has 0 aliphatic heterocycles. The zero-order chi connectivity index (χ0) is 24.5. The number of rotatable bonds is 10. The van der Waals surface area contributed by atoms with Gasteiger partial charge in [-0.2, -0.15) is 5.10 Å². The summed E-state index contributed by atoms with van der Waals surface area (Å²) in [5.41, 5.74) is 3.90. The zero-order valence-electron chi connectivity index (χ0n) is 18.7. The maximum Gasteiger partial charge on any atom is 0.262 e. The number of benzene rings is 2. The second-order valence-electron chi connectivity index (χ2n) is 7.51. The molecule has 2 rings (SSSR count). The number of aromatic hydroxyl groups is 1. The number of nitrogens with one attached hydrogen (secondary N) is 2. The van der Waals surface area contributed by atoms with E-state index in [2.05, 4.69) is 22.4 Å². The number of carbonyl (C=O) groups excluding carboxylic acids is 2. The normalized spacial score (nSPS) is 11.9. The minimum atomic E-state index is -0.850. The number of phenolic OH excluding ortho intramolecular Hbond substituents is 1. The Balaban J connectivity index is 2.14. The zero-order valence-corrected chi connectivity index (χ0v) is 20.2. The van der Waals surface area contributed by atoms with Crippen molar-refractivity contribution in [2.24, 2.45) is 11.0 Å². The second kappa shape index (κ2) is 12.3. The third kappa shape index (κ3) is 7.23. The Bertz CT molecular complexity index is 1050. The molecule has 0 aliphatic carbocycles. The Hall–Kier alpha value is -3.03. The number of carbonyl (C=O) groups is 2. The predicted molar refractivity (Wildman–Crippen MR) is 131 cm³/mol. The molecule has 3 N–H and O–H groups in total. The Morgan fingerprint density at radius 2 is 1.97 bits per heavy atom. The van der Waals surface area contributed by atoms with Gasteiger partial charge < -0.3 is 15.2 Å². The summed E-state index contributed by atoms with van der Waals surface area (Å²) in [5.74, 6) is -0.843. The van der Waals surface area contributed by atoms with Crippen LogP contribution in [0.5, 0.6) is 11.5 Å². The number of nitrogens with zero attached hydrogens (tertiary/aromatic N) is 1. The summed E-state index contributed by atoms with van der Waals surface area (Å²) in [5, 5.41) is 17.6. The average molecular weight is 492 g/mol. The van der Waals surface area contributed by atoms with Crippen molar-refractivity contribution >= 4 is 41.2 Å². The van der Waals surface area contributed by atoms with Crippen LogP contribution < -0.4 is 15.5 Å². The topological polar surface area (TPSA) is 100 Å². The smallest absolute Gasteiger partial charge is 0.262 e. The van der Waals surface area contributed by atoms with Gasteiger partial charge in [-0.05, 0) is 55.2 Å². The lowest BCUT2D eigenvalue weighted by atomic mass is 10.0. The summed E-state index contributed by atoms with van der Waals surface area (Å²) < 4.78 is 5.46. The van der Waals surface area contributed by atoms with Gasteiger partial charge in [0.2, 0.25) is 0 Å². The average Bonchev–Trinajstić information content (AvgIpc) is 2.75. The van der Waals surface area contributed by atoms with E-state index in [0.717, 1.165) is 0 Å². The fourth-order valence-electron chi connectivity index (χ4n) is 3.01. The third-order valence-corrected chi connectivity index (χ3v) is 5.19. The largest absolute Gasteiger partial charge is 0.504 e. The van der Waals surface area contributed by atoms with Gasteiger partial charge in [0.15, 0.2) is 11.5 Å². The molecule has 0 aliphatic rings. The highest BCUT2D eigenvalue weighted by Crippen LogP contribution is 2.32. The van der Waals surface area contributed by atoms with Crippen LogP contribution >= 0.6 is 23.2 Å². The third-order valence-electron chi connectivity index (χ3n) is 4.64. The Labute approximate surface area is 203 Å². The van der Waals surface area contributed by atoms with Gasteiger partial charge in [0.1, 0.15) is 6.04 Å². The fourth-order valence-corrected chi connectivity index (χ4v) is 3.50. The van der Waals surface area contributed by atoms with Crippen LogP contribution in [0.25, 0.3) is 0 Å². The van der Waals surface area contributed by atoms with E-state index in [1.807, 2.05) is 6.92 Å². The highest BCUT2D eigenvalue weighted by atomic mass is 35.5.